The molecule has 9 nitrogen and oxygen atoms in total. The first-order valence-corrected chi connectivity index (χ1v) is 10.7. The number of nitrogens with zero attached hydrogens (tertiary/aromatic N) is 5. The summed E-state index contributed by atoms with van der Waals surface area (Å²) in [6, 6.07) is 13.2. The molecule has 1 unspecified atom stereocenters. The third-order valence-electron chi connectivity index (χ3n) is 4.60. The molecule has 1 amide bonds. The summed E-state index contributed by atoms with van der Waals surface area (Å²) in [5.41, 5.74) is 0.811. The molecule has 0 bridgehead atoms. The minimum Gasteiger partial charge on any atom is -0.320 e. The zero-order chi connectivity index (χ0) is 22.5. The topological polar surface area (TPSA) is 106 Å². The maximum atomic E-state index is 12.5. The largest absolute Gasteiger partial charge is 0.320 e. The molecular formula is C20H21ClN6O3S. The summed E-state index contributed by atoms with van der Waals surface area (Å²) < 4.78 is 1.88. The van der Waals surface area contributed by atoms with E-state index in [0.29, 0.717) is 16.0 Å². The first-order valence-electron chi connectivity index (χ1n) is 9.31. The number of nitro groups is 1. The van der Waals surface area contributed by atoms with Gasteiger partial charge in [0.2, 0.25) is 5.91 Å². The predicted molar refractivity (Wildman–Crippen MR) is 121 cm³/mol. The standard InChI is InChI=1S/C20H21ClN6O3S/c1-13(25(2)3)19-23-24-20(26(19)15-10-8-14(21)9-11-15)31-12-18(28)22-16-6-4-5-7-17(16)27(29)30/h4-11,13H,12H2,1-3H3,(H,22,28). The molecule has 1 heterocycles. The molecule has 3 rings (SSSR count). The van der Waals surface area contributed by atoms with Gasteiger partial charge >= 0.3 is 0 Å². The molecule has 3 aromatic rings. The molecule has 0 saturated heterocycles. The van der Waals surface area contributed by atoms with Crippen molar-refractivity contribution >= 4 is 40.6 Å². The number of anilines is 1. The number of hydrogen-bond acceptors (Lipinski definition) is 7. The van der Waals surface area contributed by atoms with Gasteiger partial charge in [0, 0.05) is 16.8 Å². The third kappa shape index (κ3) is 5.40. The van der Waals surface area contributed by atoms with Crippen molar-refractivity contribution in [3.63, 3.8) is 0 Å². The van der Waals surface area contributed by atoms with Crippen molar-refractivity contribution in [3.05, 3.63) is 69.5 Å². The zero-order valence-electron chi connectivity index (χ0n) is 17.2. The van der Waals surface area contributed by atoms with Crippen molar-refractivity contribution in [3.8, 4) is 5.69 Å². The molecule has 0 spiro atoms. The number of nitro benzene ring substituents is 1. The van der Waals surface area contributed by atoms with Crippen molar-refractivity contribution in [1.82, 2.24) is 19.7 Å². The summed E-state index contributed by atoms with van der Waals surface area (Å²) in [6.45, 7) is 2.01. The molecule has 0 fully saturated rings. The third-order valence-corrected chi connectivity index (χ3v) is 5.78. The van der Waals surface area contributed by atoms with Crippen molar-refractivity contribution in [2.45, 2.75) is 18.1 Å². The zero-order valence-corrected chi connectivity index (χ0v) is 18.7. The molecule has 31 heavy (non-hydrogen) atoms. The summed E-state index contributed by atoms with van der Waals surface area (Å²) in [6.07, 6.45) is 0. The predicted octanol–water partition coefficient (Wildman–Crippen LogP) is 4.18. The lowest BCUT2D eigenvalue weighted by Gasteiger charge is -2.20. The van der Waals surface area contributed by atoms with Gasteiger partial charge in [-0.05, 0) is 51.4 Å². The number of carbonyl (C=O) groups excluding carboxylic acids is 1. The lowest BCUT2D eigenvalue weighted by atomic mass is 10.2. The van der Waals surface area contributed by atoms with Crippen LogP contribution in [-0.4, -0.2) is 50.3 Å². The minimum absolute atomic E-state index is 0.00805. The van der Waals surface area contributed by atoms with Crippen LogP contribution in [0.25, 0.3) is 5.69 Å². The number of amides is 1. The quantitative estimate of drug-likeness (QED) is 0.305. The number of halogens is 1. The van der Waals surface area contributed by atoms with Gasteiger partial charge in [-0.3, -0.25) is 24.4 Å². The Morgan fingerprint density at radius 3 is 2.55 bits per heavy atom. The SMILES string of the molecule is CC(c1nnc(SCC(=O)Nc2ccccc2[N+](=O)[O-])n1-c1ccc(Cl)cc1)N(C)C. The van der Waals surface area contributed by atoms with Crippen LogP contribution in [0.15, 0.2) is 53.7 Å². The van der Waals surface area contributed by atoms with Crippen LogP contribution >= 0.6 is 23.4 Å². The molecule has 162 valence electrons. The Bertz CT molecular complexity index is 1090. The second-order valence-corrected chi connectivity index (χ2v) is 8.28. The minimum atomic E-state index is -0.533. The van der Waals surface area contributed by atoms with E-state index in [4.69, 9.17) is 11.6 Å². The van der Waals surface area contributed by atoms with E-state index >= 15 is 0 Å². The summed E-state index contributed by atoms with van der Waals surface area (Å²) >= 11 is 7.22. The Balaban J connectivity index is 1.82. The van der Waals surface area contributed by atoms with Gasteiger partial charge in [0.05, 0.1) is 16.7 Å². The highest BCUT2D eigenvalue weighted by Crippen LogP contribution is 2.28. The van der Waals surface area contributed by atoms with E-state index in [1.165, 1.54) is 23.9 Å². The monoisotopic (exact) mass is 460 g/mol. The van der Waals surface area contributed by atoms with Gasteiger partial charge in [0.1, 0.15) is 5.69 Å². The Morgan fingerprint density at radius 1 is 1.23 bits per heavy atom. The normalized spacial score (nSPS) is 12.0. The molecular weight excluding hydrogens is 440 g/mol. The average molecular weight is 461 g/mol. The molecule has 1 atom stereocenters. The van der Waals surface area contributed by atoms with Crippen LogP contribution in [0, 0.1) is 10.1 Å². The second-order valence-electron chi connectivity index (χ2n) is 6.90. The number of para-hydroxylation sites is 2. The lowest BCUT2D eigenvalue weighted by Crippen LogP contribution is -2.21. The number of carbonyl (C=O) groups is 1. The van der Waals surface area contributed by atoms with Crippen molar-refractivity contribution < 1.29 is 9.72 Å². The summed E-state index contributed by atoms with van der Waals surface area (Å²) in [5.74, 6) is 0.342. The van der Waals surface area contributed by atoms with Crippen LogP contribution < -0.4 is 5.32 Å². The van der Waals surface area contributed by atoms with Crippen LogP contribution in [0.3, 0.4) is 0 Å². The smallest absolute Gasteiger partial charge is 0.292 e. The number of hydrogen-bond donors (Lipinski definition) is 1. The first-order chi connectivity index (χ1) is 14.8. The molecule has 0 aliphatic rings. The number of thioether (sulfide) groups is 1. The Kier molecular flexibility index (Phi) is 7.26. The Morgan fingerprint density at radius 2 is 1.90 bits per heavy atom. The second kappa shape index (κ2) is 9.90. The molecule has 0 aliphatic carbocycles. The molecule has 0 aliphatic heterocycles. The highest BCUT2D eigenvalue weighted by Gasteiger charge is 2.22. The molecule has 0 saturated carbocycles. The lowest BCUT2D eigenvalue weighted by molar-refractivity contribution is -0.383. The van der Waals surface area contributed by atoms with E-state index in [-0.39, 0.29) is 29.1 Å². The molecule has 1 aromatic heterocycles. The van der Waals surface area contributed by atoms with Gasteiger partial charge in [0.15, 0.2) is 11.0 Å². The molecule has 1 N–H and O–H groups in total. The van der Waals surface area contributed by atoms with Crippen molar-refractivity contribution in [2.24, 2.45) is 0 Å². The fraction of sp³-hybridized carbons (Fsp3) is 0.250. The molecule has 0 radical (unpaired) electrons. The summed E-state index contributed by atoms with van der Waals surface area (Å²) in [5, 5.41) is 23.5. The van der Waals surface area contributed by atoms with Crippen molar-refractivity contribution in [2.75, 3.05) is 25.2 Å². The molecule has 2 aromatic carbocycles. The van der Waals surface area contributed by atoms with E-state index < -0.39 is 4.92 Å². The summed E-state index contributed by atoms with van der Waals surface area (Å²) in [7, 11) is 3.89. The first kappa shape index (κ1) is 22.7. The van der Waals surface area contributed by atoms with Gasteiger partial charge in [-0.15, -0.1) is 10.2 Å². The van der Waals surface area contributed by atoms with Gasteiger partial charge in [-0.25, -0.2) is 0 Å². The van der Waals surface area contributed by atoms with Crippen LogP contribution in [-0.2, 0) is 4.79 Å². The van der Waals surface area contributed by atoms with Gasteiger partial charge in [0.25, 0.3) is 5.69 Å². The highest BCUT2D eigenvalue weighted by atomic mass is 35.5. The maximum Gasteiger partial charge on any atom is 0.292 e. The number of nitrogens with one attached hydrogen (secondary N) is 1. The van der Waals surface area contributed by atoms with Crippen LogP contribution in [0.5, 0.6) is 0 Å². The van der Waals surface area contributed by atoms with E-state index in [2.05, 4.69) is 15.5 Å². The van der Waals surface area contributed by atoms with Gasteiger partial charge < -0.3 is 5.32 Å². The fourth-order valence-electron chi connectivity index (χ4n) is 2.76. The van der Waals surface area contributed by atoms with Crippen LogP contribution in [0.1, 0.15) is 18.8 Å². The highest BCUT2D eigenvalue weighted by molar-refractivity contribution is 7.99. The number of benzene rings is 2. The molecule has 11 heteroatoms. The van der Waals surface area contributed by atoms with E-state index in [9.17, 15) is 14.9 Å². The number of aromatic nitrogens is 3. The van der Waals surface area contributed by atoms with E-state index in [1.807, 2.05) is 42.6 Å². The van der Waals surface area contributed by atoms with Gasteiger partial charge in [-0.2, -0.15) is 0 Å². The van der Waals surface area contributed by atoms with Crippen molar-refractivity contribution in [1.29, 1.82) is 0 Å². The van der Waals surface area contributed by atoms with Crippen LogP contribution in [0.2, 0.25) is 5.02 Å². The van der Waals surface area contributed by atoms with E-state index in [1.54, 1.807) is 24.3 Å². The van der Waals surface area contributed by atoms with E-state index in [0.717, 1.165) is 5.69 Å². The van der Waals surface area contributed by atoms with Crippen LogP contribution in [0.4, 0.5) is 11.4 Å². The average Bonchev–Trinajstić information content (AvgIpc) is 3.16. The Labute approximate surface area is 188 Å². The fourth-order valence-corrected chi connectivity index (χ4v) is 3.65. The van der Waals surface area contributed by atoms with Gasteiger partial charge in [-0.1, -0.05) is 35.5 Å². The summed E-state index contributed by atoms with van der Waals surface area (Å²) in [4.78, 5) is 25.1. The number of rotatable bonds is 8. The Hall–Kier alpha value is -2.95. The maximum absolute atomic E-state index is 12.5.